The molecule has 134 valence electrons. The van der Waals surface area contributed by atoms with E-state index in [1.54, 1.807) is 6.20 Å². The van der Waals surface area contributed by atoms with E-state index in [1.165, 1.54) is 0 Å². The number of aromatic nitrogens is 1. The van der Waals surface area contributed by atoms with Crippen molar-refractivity contribution in [3.63, 3.8) is 0 Å². The largest absolute Gasteiger partial charge is 0.391 e. The van der Waals surface area contributed by atoms with Crippen molar-refractivity contribution in [2.24, 2.45) is 5.41 Å². The summed E-state index contributed by atoms with van der Waals surface area (Å²) in [5.41, 5.74) is 2.89. The predicted molar refractivity (Wildman–Crippen MR) is 100 cm³/mol. The van der Waals surface area contributed by atoms with Crippen molar-refractivity contribution in [1.82, 2.24) is 15.6 Å². The second-order valence-corrected chi connectivity index (χ2v) is 7.32. The molecule has 5 nitrogen and oxygen atoms in total. The van der Waals surface area contributed by atoms with Crippen molar-refractivity contribution in [2.45, 2.75) is 39.8 Å². The summed E-state index contributed by atoms with van der Waals surface area (Å²) in [5.74, 6) is 0. The van der Waals surface area contributed by atoms with Gasteiger partial charge in [-0.2, -0.15) is 0 Å². The summed E-state index contributed by atoms with van der Waals surface area (Å²) in [6, 6.07) is 11.5. The molecule has 25 heavy (non-hydrogen) atoms. The van der Waals surface area contributed by atoms with Crippen molar-refractivity contribution in [2.75, 3.05) is 6.54 Å². The SMILES string of the molecule is CC(NC(=O)NCC(O)C(C)(C)C)c1ccc(-c2cccnc2)cc1. The lowest BCUT2D eigenvalue weighted by molar-refractivity contribution is 0.0649. The molecular weight excluding hydrogens is 314 g/mol. The van der Waals surface area contributed by atoms with Crippen LogP contribution in [0.4, 0.5) is 4.79 Å². The zero-order valence-electron chi connectivity index (χ0n) is 15.3. The van der Waals surface area contributed by atoms with E-state index < -0.39 is 6.10 Å². The van der Waals surface area contributed by atoms with E-state index in [0.717, 1.165) is 16.7 Å². The van der Waals surface area contributed by atoms with E-state index >= 15 is 0 Å². The number of aliphatic hydroxyl groups excluding tert-OH is 1. The first kappa shape index (κ1) is 18.9. The smallest absolute Gasteiger partial charge is 0.315 e. The Morgan fingerprint density at radius 1 is 1.16 bits per heavy atom. The van der Waals surface area contributed by atoms with Crippen LogP contribution in [0.1, 0.15) is 39.3 Å². The van der Waals surface area contributed by atoms with Crippen LogP contribution in [0.3, 0.4) is 0 Å². The molecule has 0 fully saturated rings. The molecular formula is C20H27N3O2. The normalized spacial score (nSPS) is 13.8. The van der Waals surface area contributed by atoms with Crippen LogP contribution in [-0.2, 0) is 0 Å². The average molecular weight is 341 g/mol. The van der Waals surface area contributed by atoms with Gasteiger partial charge < -0.3 is 15.7 Å². The van der Waals surface area contributed by atoms with Crippen molar-refractivity contribution in [3.8, 4) is 11.1 Å². The minimum absolute atomic E-state index is 0.130. The maximum Gasteiger partial charge on any atom is 0.315 e. The van der Waals surface area contributed by atoms with E-state index in [9.17, 15) is 9.90 Å². The minimum atomic E-state index is -0.590. The van der Waals surface area contributed by atoms with E-state index in [-0.39, 0.29) is 24.0 Å². The molecule has 1 heterocycles. The summed E-state index contributed by atoms with van der Waals surface area (Å²) in [6.45, 7) is 7.96. The highest BCUT2D eigenvalue weighted by Gasteiger charge is 2.22. The molecule has 1 aromatic heterocycles. The maximum atomic E-state index is 12.0. The molecule has 0 radical (unpaired) electrons. The highest BCUT2D eigenvalue weighted by Crippen LogP contribution is 2.21. The van der Waals surface area contributed by atoms with Crippen LogP contribution in [0.25, 0.3) is 11.1 Å². The number of carbonyl (C=O) groups is 1. The number of rotatable bonds is 5. The first-order valence-electron chi connectivity index (χ1n) is 8.50. The monoisotopic (exact) mass is 341 g/mol. The van der Waals surface area contributed by atoms with Gasteiger partial charge in [0.1, 0.15) is 0 Å². The molecule has 2 rings (SSSR count). The quantitative estimate of drug-likeness (QED) is 0.779. The lowest BCUT2D eigenvalue weighted by Crippen LogP contribution is -2.44. The predicted octanol–water partition coefficient (Wildman–Crippen LogP) is 3.52. The lowest BCUT2D eigenvalue weighted by Gasteiger charge is -2.26. The molecule has 0 saturated carbocycles. The Bertz CT molecular complexity index is 678. The van der Waals surface area contributed by atoms with Crippen LogP contribution in [0.15, 0.2) is 48.8 Å². The zero-order chi connectivity index (χ0) is 18.4. The molecule has 0 saturated heterocycles. The van der Waals surface area contributed by atoms with Crippen molar-refractivity contribution in [1.29, 1.82) is 0 Å². The lowest BCUT2D eigenvalue weighted by atomic mass is 9.89. The molecule has 2 amide bonds. The third-order valence-corrected chi connectivity index (χ3v) is 4.21. The maximum absolute atomic E-state index is 12.0. The topological polar surface area (TPSA) is 74.2 Å². The minimum Gasteiger partial charge on any atom is -0.391 e. The Morgan fingerprint density at radius 3 is 2.40 bits per heavy atom. The number of carbonyl (C=O) groups excluding carboxylic acids is 1. The number of benzene rings is 1. The number of hydrogen-bond acceptors (Lipinski definition) is 3. The first-order chi connectivity index (χ1) is 11.8. The second kappa shape index (κ2) is 8.12. The van der Waals surface area contributed by atoms with Gasteiger partial charge in [0.25, 0.3) is 0 Å². The Balaban J connectivity index is 1.90. The molecule has 0 aliphatic rings. The Labute approximate surface area is 149 Å². The standard InChI is InChI=1S/C20H27N3O2/c1-14(23-19(25)22-13-18(24)20(2,3)4)15-7-9-16(10-8-15)17-6-5-11-21-12-17/h5-12,14,18,24H,13H2,1-4H3,(H2,22,23,25). The number of aliphatic hydroxyl groups is 1. The highest BCUT2D eigenvalue weighted by molar-refractivity contribution is 5.74. The molecule has 0 spiro atoms. The molecule has 2 unspecified atom stereocenters. The third kappa shape index (κ3) is 5.57. The van der Waals surface area contributed by atoms with E-state index in [0.29, 0.717) is 0 Å². The van der Waals surface area contributed by atoms with Crippen molar-refractivity contribution >= 4 is 6.03 Å². The first-order valence-corrected chi connectivity index (χ1v) is 8.50. The van der Waals surface area contributed by atoms with Crippen molar-refractivity contribution in [3.05, 3.63) is 54.4 Å². The number of urea groups is 1. The van der Waals surface area contributed by atoms with Crippen LogP contribution in [0.5, 0.6) is 0 Å². The van der Waals surface area contributed by atoms with Gasteiger partial charge in [0.05, 0.1) is 12.1 Å². The molecule has 0 aliphatic carbocycles. The fourth-order valence-corrected chi connectivity index (χ4v) is 2.32. The molecule has 5 heteroatoms. The molecule has 0 aliphatic heterocycles. The fourth-order valence-electron chi connectivity index (χ4n) is 2.32. The number of hydrogen-bond donors (Lipinski definition) is 3. The Kier molecular flexibility index (Phi) is 6.15. The highest BCUT2D eigenvalue weighted by atomic mass is 16.3. The summed E-state index contributed by atoms with van der Waals surface area (Å²) in [4.78, 5) is 16.1. The Hall–Kier alpha value is -2.40. The van der Waals surface area contributed by atoms with Crippen molar-refractivity contribution < 1.29 is 9.90 Å². The third-order valence-electron chi connectivity index (χ3n) is 4.21. The van der Waals surface area contributed by atoms with E-state index in [4.69, 9.17) is 0 Å². The molecule has 1 aromatic carbocycles. The number of pyridine rings is 1. The molecule has 2 aromatic rings. The van der Waals surface area contributed by atoms with Gasteiger partial charge in [-0.15, -0.1) is 0 Å². The van der Waals surface area contributed by atoms with Gasteiger partial charge in [-0.25, -0.2) is 4.79 Å². The molecule has 2 atom stereocenters. The van der Waals surface area contributed by atoms with E-state index in [1.807, 2.05) is 70.3 Å². The number of nitrogens with zero attached hydrogens (tertiary/aromatic N) is 1. The number of amides is 2. The summed E-state index contributed by atoms with van der Waals surface area (Å²) in [7, 11) is 0. The second-order valence-electron chi connectivity index (χ2n) is 7.32. The summed E-state index contributed by atoms with van der Waals surface area (Å²) >= 11 is 0. The Morgan fingerprint density at radius 2 is 1.84 bits per heavy atom. The van der Waals surface area contributed by atoms with E-state index in [2.05, 4.69) is 15.6 Å². The average Bonchev–Trinajstić information content (AvgIpc) is 2.59. The number of nitrogens with one attached hydrogen (secondary N) is 2. The summed E-state index contributed by atoms with van der Waals surface area (Å²) in [6.07, 6.45) is 2.98. The van der Waals surface area contributed by atoms with Crippen LogP contribution in [-0.4, -0.2) is 28.8 Å². The zero-order valence-corrected chi connectivity index (χ0v) is 15.3. The van der Waals surface area contributed by atoms with Gasteiger partial charge in [-0.3, -0.25) is 4.98 Å². The molecule has 3 N–H and O–H groups in total. The van der Waals surface area contributed by atoms with Gasteiger partial charge in [0.2, 0.25) is 0 Å². The fraction of sp³-hybridized carbons (Fsp3) is 0.400. The molecule has 0 bridgehead atoms. The van der Waals surface area contributed by atoms with Gasteiger partial charge in [0, 0.05) is 18.9 Å². The van der Waals surface area contributed by atoms with Crippen LogP contribution in [0, 0.1) is 5.41 Å². The van der Waals surface area contributed by atoms with Crippen LogP contribution < -0.4 is 10.6 Å². The van der Waals surface area contributed by atoms with Gasteiger partial charge in [-0.1, -0.05) is 51.1 Å². The van der Waals surface area contributed by atoms with Crippen LogP contribution >= 0.6 is 0 Å². The summed E-state index contributed by atoms with van der Waals surface area (Å²) in [5, 5.41) is 15.6. The van der Waals surface area contributed by atoms with Crippen LogP contribution in [0.2, 0.25) is 0 Å². The van der Waals surface area contributed by atoms with Gasteiger partial charge in [0.15, 0.2) is 0 Å². The van der Waals surface area contributed by atoms with Gasteiger partial charge >= 0.3 is 6.03 Å². The van der Waals surface area contributed by atoms with Gasteiger partial charge in [-0.05, 0) is 35.1 Å². The summed E-state index contributed by atoms with van der Waals surface area (Å²) < 4.78 is 0.